The topological polar surface area (TPSA) is 15.6 Å². The van der Waals surface area contributed by atoms with E-state index in [9.17, 15) is 0 Å². The van der Waals surface area contributed by atoms with Crippen molar-refractivity contribution >= 4 is 6.21 Å². The van der Waals surface area contributed by atoms with E-state index in [1.165, 1.54) is 50.9 Å². The molecule has 1 saturated heterocycles. The molecule has 0 aliphatic carbocycles. The van der Waals surface area contributed by atoms with Crippen LogP contribution in [0.25, 0.3) is 0 Å². The van der Waals surface area contributed by atoms with Crippen LogP contribution in [0, 0.1) is 0 Å². The zero-order valence-corrected chi connectivity index (χ0v) is 10.2. The van der Waals surface area contributed by atoms with Gasteiger partial charge < -0.3 is 4.90 Å². The summed E-state index contributed by atoms with van der Waals surface area (Å²) in [5, 5.41) is 0. The van der Waals surface area contributed by atoms with Crippen LogP contribution in [0.3, 0.4) is 0 Å². The molecular weight excluding hydrogens is 184 g/mol. The van der Waals surface area contributed by atoms with Crippen LogP contribution in [-0.2, 0) is 0 Å². The monoisotopic (exact) mass is 208 g/mol. The maximum atomic E-state index is 4.47. The average Bonchev–Trinajstić information content (AvgIpc) is 2.30. The Labute approximate surface area is 94.1 Å². The molecule has 0 bridgehead atoms. The van der Waals surface area contributed by atoms with Crippen molar-refractivity contribution in [3.63, 3.8) is 0 Å². The number of likely N-dealkylation sites (tertiary alicyclic amines) is 1. The van der Waals surface area contributed by atoms with Gasteiger partial charge in [0.25, 0.3) is 0 Å². The van der Waals surface area contributed by atoms with Crippen LogP contribution in [-0.4, -0.2) is 30.7 Å². The maximum absolute atomic E-state index is 4.47. The minimum Gasteiger partial charge on any atom is -0.371 e. The lowest BCUT2D eigenvalue weighted by atomic mass is 10.1. The van der Waals surface area contributed by atoms with Crippen LogP contribution < -0.4 is 0 Å². The van der Waals surface area contributed by atoms with Gasteiger partial charge in [-0.3, -0.25) is 4.99 Å². The fourth-order valence-electron chi connectivity index (χ4n) is 1.90. The smallest absolute Gasteiger partial charge is 0.0504 e. The van der Waals surface area contributed by atoms with E-state index in [0.717, 1.165) is 6.54 Å². The predicted octanol–water partition coefficient (Wildman–Crippen LogP) is 3.25. The van der Waals surface area contributed by atoms with E-state index in [2.05, 4.69) is 36.0 Å². The Balaban J connectivity index is 2.37. The number of allylic oxidation sites excluding steroid dienone is 2. The summed E-state index contributed by atoms with van der Waals surface area (Å²) in [7, 11) is 0. The van der Waals surface area contributed by atoms with Crippen LogP contribution in [0.1, 0.15) is 46.0 Å². The molecule has 1 heterocycles. The van der Waals surface area contributed by atoms with Crippen LogP contribution in [0.2, 0.25) is 0 Å². The van der Waals surface area contributed by atoms with Gasteiger partial charge in [-0.25, -0.2) is 0 Å². The molecule has 86 valence electrons. The van der Waals surface area contributed by atoms with Gasteiger partial charge in [0.2, 0.25) is 0 Å². The summed E-state index contributed by atoms with van der Waals surface area (Å²) in [5.74, 6) is 0. The van der Waals surface area contributed by atoms with Gasteiger partial charge in [-0.1, -0.05) is 19.4 Å². The Morgan fingerprint density at radius 2 is 2.00 bits per heavy atom. The second kappa shape index (κ2) is 7.49. The second-order valence-electron chi connectivity index (χ2n) is 4.15. The highest BCUT2D eigenvalue weighted by molar-refractivity contribution is 5.77. The Morgan fingerprint density at radius 3 is 2.60 bits per heavy atom. The van der Waals surface area contributed by atoms with Gasteiger partial charge in [0.15, 0.2) is 0 Å². The SMILES string of the molecule is C/C=C(\C=NCCCC)N1CCCCC1. The standard InChI is InChI=1S/C13H24N2/c1-3-5-9-14-12-13(4-2)15-10-7-6-8-11-15/h4,12H,3,5-11H2,1-2H3/b13-4+,14-12?. The number of rotatable bonds is 5. The number of hydrogen-bond acceptors (Lipinski definition) is 2. The van der Waals surface area contributed by atoms with Gasteiger partial charge in [0.05, 0.1) is 5.70 Å². The number of hydrogen-bond donors (Lipinski definition) is 0. The van der Waals surface area contributed by atoms with Crippen LogP contribution in [0.5, 0.6) is 0 Å². The zero-order valence-electron chi connectivity index (χ0n) is 10.2. The van der Waals surface area contributed by atoms with E-state index in [1.807, 2.05) is 0 Å². The summed E-state index contributed by atoms with van der Waals surface area (Å²) in [4.78, 5) is 6.93. The van der Waals surface area contributed by atoms with E-state index in [0.29, 0.717) is 0 Å². The first kappa shape index (κ1) is 12.3. The molecule has 1 aliphatic heterocycles. The van der Waals surface area contributed by atoms with Gasteiger partial charge in [-0.05, 0) is 32.6 Å². The lowest BCUT2D eigenvalue weighted by Gasteiger charge is -2.29. The summed E-state index contributed by atoms with van der Waals surface area (Å²) in [6, 6.07) is 0. The highest BCUT2D eigenvalue weighted by Gasteiger charge is 2.10. The van der Waals surface area contributed by atoms with Crippen molar-refractivity contribution in [1.29, 1.82) is 0 Å². The van der Waals surface area contributed by atoms with Crippen molar-refractivity contribution in [2.75, 3.05) is 19.6 Å². The lowest BCUT2D eigenvalue weighted by molar-refractivity contribution is 0.298. The highest BCUT2D eigenvalue weighted by atomic mass is 15.1. The highest BCUT2D eigenvalue weighted by Crippen LogP contribution is 2.13. The molecule has 0 saturated carbocycles. The summed E-state index contributed by atoms with van der Waals surface area (Å²) in [6.07, 6.45) is 10.7. The Morgan fingerprint density at radius 1 is 1.27 bits per heavy atom. The van der Waals surface area contributed by atoms with Crippen molar-refractivity contribution in [1.82, 2.24) is 4.90 Å². The van der Waals surface area contributed by atoms with Gasteiger partial charge in [-0.2, -0.15) is 0 Å². The molecule has 2 nitrogen and oxygen atoms in total. The maximum Gasteiger partial charge on any atom is 0.0504 e. The molecule has 1 fully saturated rings. The first-order valence-electron chi connectivity index (χ1n) is 6.29. The molecule has 2 heteroatoms. The first-order valence-corrected chi connectivity index (χ1v) is 6.29. The largest absolute Gasteiger partial charge is 0.371 e. The molecule has 0 radical (unpaired) electrons. The molecule has 0 spiro atoms. The molecular formula is C13H24N2. The minimum atomic E-state index is 0.974. The van der Waals surface area contributed by atoms with E-state index in [1.54, 1.807) is 0 Å². The summed E-state index contributed by atoms with van der Waals surface area (Å²) in [5.41, 5.74) is 1.31. The quantitative estimate of drug-likeness (QED) is 0.500. The predicted molar refractivity (Wildman–Crippen MR) is 67.4 cm³/mol. The molecule has 0 N–H and O–H groups in total. The molecule has 0 aromatic rings. The molecule has 0 aromatic carbocycles. The van der Waals surface area contributed by atoms with Crippen molar-refractivity contribution in [3.8, 4) is 0 Å². The van der Waals surface area contributed by atoms with Gasteiger partial charge in [-0.15, -0.1) is 0 Å². The van der Waals surface area contributed by atoms with Crippen molar-refractivity contribution < 1.29 is 0 Å². The molecule has 0 aromatic heterocycles. The fraction of sp³-hybridized carbons (Fsp3) is 0.769. The van der Waals surface area contributed by atoms with Crippen molar-refractivity contribution in [3.05, 3.63) is 11.8 Å². The van der Waals surface area contributed by atoms with Crippen LogP contribution in [0.15, 0.2) is 16.8 Å². The summed E-state index contributed by atoms with van der Waals surface area (Å²) < 4.78 is 0. The Kier molecular flexibility index (Phi) is 6.14. The van der Waals surface area contributed by atoms with E-state index >= 15 is 0 Å². The number of aliphatic imine (C=N–C) groups is 1. The normalized spacial score (nSPS) is 18.8. The van der Waals surface area contributed by atoms with Gasteiger partial charge in [0.1, 0.15) is 0 Å². The van der Waals surface area contributed by atoms with Crippen LogP contribution in [0.4, 0.5) is 0 Å². The number of unbranched alkanes of at least 4 members (excludes halogenated alkanes) is 1. The Bertz CT molecular complexity index is 213. The average molecular weight is 208 g/mol. The molecule has 0 unspecified atom stereocenters. The third-order valence-corrected chi connectivity index (χ3v) is 2.88. The van der Waals surface area contributed by atoms with Gasteiger partial charge in [0, 0.05) is 25.8 Å². The summed E-state index contributed by atoms with van der Waals surface area (Å²) >= 11 is 0. The fourth-order valence-corrected chi connectivity index (χ4v) is 1.90. The van der Waals surface area contributed by atoms with Gasteiger partial charge >= 0.3 is 0 Å². The molecule has 15 heavy (non-hydrogen) atoms. The number of piperidine rings is 1. The van der Waals surface area contributed by atoms with E-state index in [-0.39, 0.29) is 0 Å². The number of nitrogens with zero attached hydrogens (tertiary/aromatic N) is 2. The molecule has 1 rings (SSSR count). The molecule has 0 atom stereocenters. The van der Waals surface area contributed by atoms with E-state index in [4.69, 9.17) is 0 Å². The van der Waals surface area contributed by atoms with E-state index < -0.39 is 0 Å². The lowest BCUT2D eigenvalue weighted by Crippen LogP contribution is -2.29. The van der Waals surface area contributed by atoms with Crippen molar-refractivity contribution in [2.24, 2.45) is 4.99 Å². The summed E-state index contributed by atoms with van der Waals surface area (Å²) in [6.45, 7) is 7.70. The zero-order chi connectivity index (χ0) is 10.9. The first-order chi connectivity index (χ1) is 7.38. The minimum absolute atomic E-state index is 0.974. The van der Waals surface area contributed by atoms with Crippen molar-refractivity contribution in [2.45, 2.75) is 46.0 Å². The molecule has 1 aliphatic rings. The third kappa shape index (κ3) is 4.50. The third-order valence-electron chi connectivity index (χ3n) is 2.88. The van der Waals surface area contributed by atoms with Crippen LogP contribution >= 0.6 is 0 Å². The second-order valence-corrected chi connectivity index (χ2v) is 4.15. The molecule has 0 amide bonds. The Hall–Kier alpha value is -0.790.